The normalized spacial score (nSPS) is 8.58. The van der Waals surface area contributed by atoms with Gasteiger partial charge in [0.05, 0.1) is 0 Å². The maximum absolute atomic E-state index is 8.42. The van der Waals surface area contributed by atoms with Gasteiger partial charge in [-0.05, 0) is 13.3 Å². The third-order valence-corrected chi connectivity index (χ3v) is 1.51. The Kier molecular flexibility index (Phi) is 20.1. The van der Waals surface area contributed by atoms with Gasteiger partial charge in [0.2, 0.25) is 0 Å². The lowest BCUT2D eigenvalue weighted by Crippen LogP contribution is -1.82. The predicted molar refractivity (Wildman–Crippen MR) is 56.3 cm³/mol. The summed E-state index contributed by atoms with van der Waals surface area (Å²) in [4.78, 5) is 0. The number of hydrogen-bond acceptors (Lipinski definition) is 1. The van der Waals surface area contributed by atoms with E-state index >= 15 is 0 Å². The van der Waals surface area contributed by atoms with Gasteiger partial charge in [0.25, 0.3) is 0 Å². The van der Waals surface area contributed by atoms with Crippen molar-refractivity contribution in [2.24, 2.45) is 0 Å². The van der Waals surface area contributed by atoms with Gasteiger partial charge in [0.1, 0.15) is 0 Å². The molecule has 74 valence electrons. The molecule has 0 aliphatic rings. The first kappa shape index (κ1) is 14.2. The minimum absolute atomic E-state index is 0.367. The van der Waals surface area contributed by atoms with Crippen molar-refractivity contribution in [3.8, 4) is 0 Å². The summed E-state index contributed by atoms with van der Waals surface area (Å²) in [6, 6.07) is 0. The number of rotatable bonds is 6. The van der Waals surface area contributed by atoms with Crippen molar-refractivity contribution in [3.63, 3.8) is 0 Å². The Hall–Kier alpha value is -0.300. The van der Waals surface area contributed by atoms with Gasteiger partial charge in [-0.3, -0.25) is 0 Å². The van der Waals surface area contributed by atoms with Crippen LogP contribution in [0.25, 0.3) is 0 Å². The second-order valence-electron chi connectivity index (χ2n) is 2.90. The minimum atomic E-state index is 0.367. The van der Waals surface area contributed by atoms with E-state index in [1.54, 1.807) is 6.08 Å². The molecule has 0 atom stereocenters. The molecule has 1 N–H and O–H groups in total. The molecule has 0 saturated carbocycles. The molecule has 0 radical (unpaired) electrons. The largest absolute Gasteiger partial charge is 0.396 e. The van der Waals surface area contributed by atoms with Crippen molar-refractivity contribution < 1.29 is 5.11 Å². The van der Waals surface area contributed by atoms with E-state index in [9.17, 15) is 0 Å². The molecule has 0 aromatic carbocycles. The summed E-state index contributed by atoms with van der Waals surface area (Å²) in [5, 5.41) is 8.42. The van der Waals surface area contributed by atoms with Crippen molar-refractivity contribution in [1.82, 2.24) is 0 Å². The summed E-state index contributed by atoms with van der Waals surface area (Å²) in [6.45, 7) is 7.83. The Bertz CT molecular complexity index is 63.4. The monoisotopic (exact) mass is 172 g/mol. The molecule has 0 bridgehead atoms. The van der Waals surface area contributed by atoms with Crippen molar-refractivity contribution in [3.05, 3.63) is 12.7 Å². The van der Waals surface area contributed by atoms with E-state index in [1.807, 2.05) is 6.92 Å². The van der Waals surface area contributed by atoms with Crippen molar-refractivity contribution in [2.45, 2.75) is 52.4 Å². The summed E-state index contributed by atoms with van der Waals surface area (Å²) >= 11 is 0. The third kappa shape index (κ3) is 22.6. The highest BCUT2D eigenvalue weighted by molar-refractivity contribution is 4.51. The summed E-state index contributed by atoms with van der Waals surface area (Å²) in [5.41, 5.74) is 0. The van der Waals surface area contributed by atoms with Gasteiger partial charge in [-0.25, -0.2) is 0 Å². The molecule has 0 aliphatic carbocycles. The average Bonchev–Trinajstić information content (AvgIpc) is 2.06. The molecule has 0 unspecified atom stereocenters. The number of aliphatic hydroxyl groups excluding tert-OH is 1. The molecule has 0 spiro atoms. The number of unbranched alkanes of at least 4 members (excludes halogenated alkanes) is 5. The zero-order chi connectivity index (χ0) is 9.66. The van der Waals surface area contributed by atoms with Crippen LogP contribution in [0.3, 0.4) is 0 Å². The van der Waals surface area contributed by atoms with E-state index in [0.29, 0.717) is 6.61 Å². The van der Waals surface area contributed by atoms with Crippen LogP contribution in [0.2, 0.25) is 0 Å². The van der Waals surface area contributed by atoms with Gasteiger partial charge in [0, 0.05) is 6.61 Å². The number of hydrogen-bond donors (Lipinski definition) is 1. The third-order valence-electron chi connectivity index (χ3n) is 1.51. The van der Waals surface area contributed by atoms with E-state index in [2.05, 4.69) is 13.5 Å². The Morgan fingerprint density at radius 1 is 1.08 bits per heavy atom. The van der Waals surface area contributed by atoms with Gasteiger partial charge in [-0.15, -0.1) is 6.58 Å². The number of aliphatic hydroxyl groups is 1. The van der Waals surface area contributed by atoms with Crippen LogP contribution in [0.4, 0.5) is 0 Å². The van der Waals surface area contributed by atoms with E-state index in [1.165, 1.54) is 32.1 Å². The van der Waals surface area contributed by atoms with Crippen molar-refractivity contribution in [2.75, 3.05) is 6.61 Å². The molecule has 0 rings (SSSR count). The van der Waals surface area contributed by atoms with Gasteiger partial charge >= 0.3 is 0 Å². The molecule has 0 fully saturated rings. The van der Waals surface area contributed by atoms with E-state index in [-0.39, 0.29) is 0 Å². The molecule has 1 nitrogen and oxygen atoms in total. The van der Waals surface area contributed by atoms with E-state index in [4.69, 9.17) is 5.11 Å². The van der Waals surface area contributed by atoms with Crippen LogP contribution < -0.4 is 0 Å². The Morgan fingerprint density at radius 3 is 1.92 bits per heavy atom. The lowest BCUT2D eigenvalue weighted by molar-refractivity contribution is 0.282. The van der Waals surface area contributed by atoms with Crippen LogP contribution in [0.1, 0.15) is 52.4 Å². The van der Waals surface area contributed by atoms with Gasteiger partial charge in [0.15, 0.2) is 0 Å². The summed E-state index contributed by atoms with van der Waals surface area (Å²) in [7, 11) is 0. The summed E-state index contributed by atoms with van der Waals surface area (Å²) in [6.07, 6.45) is 9.25. The van der Waals surface area contributed by atoms with Crippen LogP contribution >= 0.6 is 0 Å². The smallest absolute Gasteiger partial charge is 0.0431 e. The summed E-state index contributed by atoms with van der Waals surface area (Å²) in [5.74, 6) is 0. The first-order valence-electron chi connectivity index (χ1n) is 5.01. The molecular weight excluding hydrogens is 148 g/mol. The van der Waals surface area contributed by atoms with Gasteiger partial charge in [-0.1, -0.05) is 45.1 Å². The maximum atomic E-state index is 8.42. The SMILES string of the molecule is C=CC.CCCCCCCCO. The van der Waals surface area contributed by atoms with E-state index < -0.39 is 0 Å². The van der Waals surface area contributed by atoms with Gasteiger partial charge in [-0.2, -0.15) is 0 Å². The molecule has 0 heterocycles. The van der Waals surface area contributed by atoms with Crippen molar-refractivity contribution in [1.29, 1.82) is 0 Å². The Morgan fingerprint density at radius 2 is 1.50 bits per heavy atom. The average molecular weight is 172 g/mol. The Balaban J connectivity index is 0. The number of allylic oxidation sites excluding steroid dienone is 1. The first-order chi connectivity index (χ1) is 5.83. The van der Waals surface area contributed by atoms with Crippen LogP contribution in [-0.4, -0.2) is 11.7 Å². The Labute approximate surface area is 77.5 Å². The van der Waals surface area contributed by atoms with Crippen LogP contribution in [0.5, 0.6) is 0 Å². The first-order valence-corrected chi connectivity index (χ1v) is 5.01. The minimum Gasteiger partial charge on any atom is -0.396 e. The fraction of sp³-hybridized carbons (Fsp3) is 0.818. The van der Waals surface area contributed by atoms with Crippen LogP contribution in [-0.2, 0) is 0 Å². The quantitative estimate of drug-likeness (QED) is 0.480. The molecule has 0 saturated heterocycles. The molecule has 0 aliphatic heterocycles. The fourth-order valence-electron chi connectivity index (χ4n) is 0.892. The highest BCUT2D eigenvalue weighted by Gasteiger charge is 1.86. The predicted octanol–water partition coefficient (Wildman–Crippen LogP) is 3.53. The zero-order valence-electron chi connectivity index (χ0n) is 8.68. The lowest BCUT2D eigenvalue weighted by atomic mass is 10.1. The molecule has 12 heavy (non-hydrogen) atoms. The topological polar surface area (TPSA) is 20.2 Å². The fourth-order valence-corrected chi connectivity index (χ4v) is 0.892. The van der Waals surface area contributed by atoms with Crippen LogP contribution in [0, 0.1) is 0 Å². The molecule has 1 heteroatoms. The van der Waals surface area contributed by atoms with Gasteiger partial charge < -0.3 is 5.11 Å². The molecule has 0 amide bonds. The molecular formula is C11H24O. The maximum Gasteiger partial charge on any atom is 0.0431 e. The standard InChI is InChI=1S/C8H18O.C3H6/c1-2-3-4-5-6-7-8-9;1-3-2/h9H,2-8H2,1H3;3H,1H2,2H3. The highest BCUT2D eigenvalue weighted by Crippen LogP contribution is 2.03. The highest BCUT2D eigenvalue weighted by atomic mass is 16.2. The second-order valence-corrected chi connectivity index (χ2v) is 2.90. The second kappa shape index (κ2) is 17.0. The van der Waals surface area contributed by atoms with Crippen molar-refractivity contribution >= 4 is 0 Å². The summed E-state index contributed by atoms with van der Waals surface area (Å²) < 4.78 is 0. The lowest BCUT2D eigenvalue weighted by Gasteiger charge is -1.95. The zero-order valence-corrected chi connectivity index (χ0v) is 8.68. The van der Waals surface area contributed by atoms with Crippen LogP contribution in [0.15, 0.2) is 12.7 Å². The molecule has 0 aromatic heterocycles. The van der Waals surface area contributed by atoms with E-state index in [0.717, 1.165) is 6.42 Å². The molecule has 0 aromatic rings.